The Bertz CT molecular complexity index is 2740. The van der Waals surface area contributed by atoms with Crippen molar-refractivity contribution in [2.24, 2.45) is 0 Å². The highest BCUT2D eigenvalue weighted by atomic mass is 16.5. The Balaban J connectivity index is 1.00. The molecule has 0 bridgehead atoms. The van der Waals surface area contributed by atoms with Crippen molar-refractivity contribution in [3.63, 3.8) is 0 Å². The number of nitrogens with zero attached hydrogens (tertiary/aromatic N) is 7. The first kappa shape index (κ1) is 34.9. The van der Waals surface area contributed by atoms with Crippen molar-refractivity contribution in [3.05, 3.63) is 193 Å². The van der Waals surface area contributed by atoms with E-state index < -0.39 is 0 Å². The van der Waals surface area contributed by atoms with Crippen LogP contribution in [0.2, 0.25) is 0 Å². The molecule has 0 fully saturated rings. The topological polar surface area (TPSA) is 110 Å². The molecule has 8 aromatic rings. The van der Waals surface area contributed by atoms with Gasteiger partial charge in [-0.2, -0.15) is 5.26 Å². The van der Waals surface area contributed by atoms with Gasteiger partial charge in [0, 0.05) is 34.2 Å². The van der Waals surface area contributed by atoms with Gasteiger partial charge in [-0.15, -0.1) is 0 Å². The van der Waals surface area contributed by atoms with Crippen LogP contribution in [0.3, 0.4) is 0 Å². The van der Waals surface area contributed by atoms with Crippen molar-refractivity contribution < 1.29 is 4.74 Å². The first-order chi connectivity index (χ1) is 28.1. The van der Waals surface area contributed by atoms with Crippen LogP contribution in [0.15, 0.2) is 182 Å². The molecular weight excluding hydrogens is 703 g/mol. The van der Waals surface area contributed by atoms with E-state index in [1.54, 1.807) is 0 Å². The van der Waals surface area contributed by atoms with Crippen molar-refractivity contribution >= 4 is 5.57 Å². The number of hydrogen-bond acceptors (Lipinski definition) is 8. The molecular formula is C49H33N7O. The van der Waals surface area contributed by atoms with Crippen LogP contribution in [0.4, 0.5) is 0 Å². The van der Waals surface area contributed by atoms with Gasteiger partial charge in [-0.1, -0.05) is 146 Å². The molecule has 0 aliphatic heterocycles. The molecule has 57 heavy (non-hydrogen) atoms. The number of hydrogen-bond donors (Lipinski definition) is 0. The first-order valence-corrected chi connectivity index (χ1v) is 18.6. The average molecular weight is 736 g/mol. The van der Waals surface area contributed by atoms with Gasteiger partial charge in [-0.05, 0) is 53.5 Å². The molecule has 0 N–H and O–H groups in total. The average Bonchev–Trinajstić information content (AvgIpc) is 3.30. The minimum atomic E-state index is 0.540. The minimum Gasteiger partial charge on any atom is -0.462 e. The summed E-state index contributed by atoms with van der Waals surface area (Å²) < 4.78 is 6.46. The molecule has 1 aliphatic rings. The van der Waals surface area contributed by atoms with Crippen LogP contribution < -0.4 is 4.74 Å². The fraction of sp³-hybridized carbons (Fsp3) is 0.0408. The largest absolute Gasteiger partial charge is 0.462 e. The fourth-order valence-electron chi connectivity index (χ4n) is 6.59. The molecule has 270 valence electrons. The monoisotopic (exact) mass is 735 g/mol. The van der Waals surface area contributed by atoms with E-state index in [0.717, 1.165) is 50.3 Å². The molecule has 6 aromatic carbocycles. The minimum absolute atomic E-state index is 0.540. The van der Waals surface area contributed by atoms with E-state index >= 15 is 0 Å². The van der Waals surface area contributed by atoms with Gasteiger partial charge in [-0.25, -0.2) is 29.9 Å². The lowest BCUT2D eigenvalue weighted by Crippen LogP contribution is -2.06. The molecule has 0 amide bonds. The summed E-state index contributed by atoms with van der Waals surface area (Å²) in [4.78, 5) is 29.4. The molecule has 9 rings (SSSR count). The second kappa shape index (κ2) is 15.8. The van der Waals surface area contributed by atoms with E-state index in [9.17, 15) is 5.26 Å². The summed E-state index contributed by atoms with van der Waals surface area (Å²) in [6.07, 6.45) is 5.42. The van der Waals surface area contributed by atoms with Crippen LogP contribution in [0.25, 0.3) is 73.6 Å². The van der Waals surface area contributed by atoms with Crippen LogP contribution >= 0.6 is 0 Å². The van der Waals surface area contributed by atoms with Crippen LogP contribution in [0.1, 0.15) is 24.2 Å². The van der Waals surface area contributed by atoms with Crippen molar-refractivity contribution in [1.82, 2.24) is 29.9 Å². The fourth-order valence-corrected chi connectivity index (χ4v) is 6.59. The lowest BCUT2D eigenvalue weighted by Gasteiger charge is -2.16. The highest BCUT2D eigenvalue weighted by Gasteiger charge is 2.18. The lowest BCUT2D eigenvalue weighted by molar-refractivity contribution is 0.404. The molecule has 0 unspecified atom stereocenters. The quantitative estimate of drug-likeness (QED) is 0.144. The Hall–Kier alpha value is -7.89. The molecule has 0 spiro atoms. The zero-order valence-electron chi connectivity index (χ0n) is 30.7. The van der Waals surface area contributed by atoms with Crippen LogP contribution in [-0.2, 0) is 0 Å². The molecule has 2 heterocycles. The summed E-state index contributed by atoms with van der Waals surface area (Å²) in [5, 5.41) is 9.19. The molecule has 0 atom stereocenters. The van der Waals surface area contributed by atoms with Crippen molar-refractivity contribution in [2.75, 3.05) is 0 Å². The maximum absolute atomic E-state index is 9.19. The number of nitriles is 1. The number of ether oxygens (including phenoxy) is 1. The van der Waals surface area contributed by atoms with Gasteiger partial charge >= 0.3 is 0 Å². The summed E-state index contributed by atoms with van der Waals surface area (Å²) in [5.41, 5.74) is 8.14. The molecule has 8 heteroatoms. The molecule has 0 saturated heterocycles. The van der Waals surface area contributed by atoms with Crippen LogP contribution in [0.5, 0.6) is 5.75 Å². The number of benzene rings is 6. The third-order valence-electron chi connectivity index (χ3n) is 9.60. The summed E-state index contributed by atoms with van der Waals surface area (Å²) in [6.45, 7) is 0. The Morgan fingerprint density at radius 3 is 1.28 bits per heavy atom. The number of aromatic nitrogens is 6. The Morgan fingerprint density at radius 1 is 0.386 bits per heavy atom. The summed E-state index contributed by atoms with van der Waals surface area (Å²) >= 11 is 0. The van der Waals surface area contributed by atoms with E-state index in [0.29, 0.717) is 59.1 Å². The van der Waals surface area contributed by atoms with Gasteiger partial charge < -0.3 is 4.74 Å². The highest BCUT2D eigenvalue weighted by Crippen LogP contribution is 2.32. The van der Waals surface area contributed by atoms with E-state index in [1.165, 1.54) is 0 Å². The lowest BCUT2D eigenvalue weighted by atomic mass is 10.0. The predicted octanol–water partition coefficient (Wildman–Crippen LogP) is 11.1. The highest BCUT2D eigenvalue weighted by molar-refractivity contribution is 5.72. The zero-order chi connectivity index (χ0) is 38.4. The summed E-state index contributed by atoms with van der Waals surface area (Å²) in [6, 6.07) is 55.6. The maximum Gasteiger partial charge on any atom is 0.164 e. The third kappa shape index (κ3) is 7.86. The van der Waals surface area contributed by atoms with Crippen LogP contribution in [-0.4, -0.2) is 29.9 Å². The van der Waals surface area contributed by atoms with E-state index in [4.69, 9.17) is 34.6 Å². The van der Waals surface area contributed by atoms with Crippen LogP contribution in [0, 0.1) is 11.3 Å². The molecule has 8 nitrogen and oxygen atoms in total. The van der Waals surface area contributed by atoms with Gasteiger partial charge in [-0.3, -0.25) is 0 Å². The second-order valence-corrected chi connectivity index (χ2v) is 13.4. The molecule has 1 aliphatic carbocycles. The van der Waals surface area contributed by atoms with Gasteiger partial charge in [0.2, 0.25) is 0 Å². The smallest absolute Gasteiger partial charge is 0.164 e. The van der Waals surface area contributed by atoms with Gasteiger partial charge in [0.15, 0.2) is 34.9 Å². The van der Waals surface area contributed by atoms with E-state index in [-0.39, 0.29) is 0 Å². The SMILES string of the molecule is N#Cc1ccc(-c2ccc(-c3nc(-c4ccccc4)nc(-c4cccc(OC5=CC=C(c6nc(-c7ccccc7)nc(-c7ccccc7)n6)CC5)c4)n3)cc2)cc1. The third-order valence-corrected chi connectivity index (χ3v) is 9.60. The molecule has 0 saturated carbocycles. The van der Waals surface area contributed by atoms with Crippen molar-refractivity contribution in [2.45, 2.75) is 12.8 Å². The Kier molecular flexibility index (Phi) is 9.68. The van der Waals surface area contributed by atoms with Crippen molar-refractivity contribution in [1.29, 1.82) is 5.26 Å². The summed E-state index contributed by atoms with van der Waals surface area (Å²) in [5.74, 6) is 5.13. The van der Waals surface area contributed by atoms with Gasteiger partial charge in [0.25, 0.3) is 0 Å². The number of allylic oxidation sites excluding steroid dienone is 4. The second-order valence-electron chi connectivity index (χ2n) is 13.4. The Morgan fingerprint density at radius 2 is 0.807 bits per heavy atom. The predicted molar refractivity (Wildman–Crippen MR) is 223 cm³/mol. The summed E-state index contributed by atoms with van der Waals surface area (Å²) in [7, 11) is 0. The maximum atomic E-state index is 9.19. The molecule has 2 aromatic heterocycles. The normalized spacial score (nSPS) is 12.3. The van der Waals surface area contributed by atoms with Gasteiger partial charge in [0.05, 0.1) is 11.6 Å². The van der Waals surface area contributed by atoms with E-state index in [1.807, 2.05) is 176 Å². The van der Waals surface area contributed by atoms with E-state index in [2.05, 4.69) is 6.07 Å². The van der Waals surface area contributed by atoms with Crippen molar-refractivity contribution in [3.8, 4) is 79.9 Å². The molecule has 0 radical (unpaired) electrons. The first-order valence-electron chi connectivity index (χ1n) is 18.6. The standard InChI is InChI=1S/C49H33N7O/c50-32-33-19-21-34(22-20-33)35-23-25-39(26-24-35)47-54-46(38-15-8-3-9-16-38)55-49(56-47)41-17-10-18-43(31-41)57-42-29-27-40(28-30-42)48-52-44(36-11-4-1-5-12-36)51-45(53-48)37-13-6-2-7-14-37/h1-27,29,31H,28,30H2. The Labute approximate surface area is 330 Å². The number of rotatable bonds is 9. The zero-order valence-corrected chi connectivity index (χ0v) is 30.7. The van der Waals surface area contributed by atoms with Gasteiger partial charge in [0.1, 0.15) is 11.5 Å².